The summed E-state index contributed by atoms with van der Waals surface area (Å²) in [5.74, 6) is 1.73. The van der Waals surface area contributed by atoms with E-state index in [1.54, 1.807) is 0 Å². The lowest BCUT2D eigenvalue weighted by Gasteiger charge is -2.35. The van der Waals surface area contributed by atoms with Crippen LogP contribution in [0.25, 0.3) is 0 Å². The highest BCUT2D eigenvalue weighted by Crippen LogP contribution is 2.22. The third-order valence-corrected chi connectivity index (χ3v) is 4.89. The molecule has 1 N–H and O–H groups in total. The van der Waals surface area contributed by atoms with Crippen LogP contribution in [0.3, 0.4) is 0 Å². The predicted octanol–water partition coefficient (Wildman–Crippen LogP) is 3.59. The van der Waals surface area contributed by atoms with Crippen LogP contribution in [0.4, 0.5) is 0 Å². The minimum Gasteiger partial charge on any atom is -0.370 e. The third-order valence-electron chi connectivity index (χ3n) is 4.89. The SMILES string of the molecule is CCCCC(CCC)CNC(=NC)N1CCOC(c2cnn(C)c2)C1.I. The zero-order valence-electron chi connectivity index (χ0n) is 16.8. The van der Waals surface area contributed by atoms with Crippen molar-refractivity contribution < 1.29 is 4.74 Å². The van der Waals surface area contributed by atoms with Crippen molar-refractivity contribution in [1.29, 1.82) is 0 Å². The molecule has 0 spiro atoms. The maximum absolute atomic E-state index is 5.94. The maximum atomic E-state index is 5.94. The van der Waals surface area contributed by atoms with E-state index in [2.05, 4.69) is 34.2 Å². The second kappa shape index (κ2) is 12.5. The van der Waals surface area contributed by atoms with Gasteiger partial charge < -0.3 is 15.0 Å². The first-order valence-corrected chi connectivity index (χ1v) is 9.73. The Bertz CT molecular complexity index is 534. The van der Waals surface area contributed by atoms with E-state index in [0.29, 0.717) is 6.61 Å². The smallest absolute Gasteiger partial charge is 0.193 e. The summed E-state index contributed by atoms with van der Waals surface area (Å²) in [6, 6.07) is 0. The lowest BCUT2D eigenvalue weighted by Crippen LogP contribution is -2.49. The fourth-order valence-electron chi connectivity index (χ4n) is 3.47. The average molecular weight is 477 g/mol. The van der Waals surface area contributed by atoms with Crippen LogP contribution in [0.15, 0.2) is 17.4 Å². The normalized spacial score (nSPS) is 19.2. The predicted molar refractivity (Wildman–Crippen MR) is 118 cm³/mol. The van der Waals surface area contributed by atoms with Gasteiger partial charge in [-0.25, -0.2) is 0 Å². The first kappa shape index (κ1) is 23.2. The first-order valence-electron chi connectivity index (χ1n) is 9.73. The molecule has 2 heterocycles. The molecular weight excluding hydrogens is 441 g/mol. The van der Waals surface area contributed by atoms with E-state index in [9.17, 15) is 0 Å². The number of halogens is 1. The molecule has 1 saturated heterocycles. The molecule has 1 aromatic heterocycles. The number of unbranched alkanes of at least 4 members (excludes halogenated alkanes) is 1. The van der Waals surface area contributed by atoms with Crippen molar-refractivity contribution in [3.05, 3.63) is 18.0 Å². The van der Waals surface area contributed by atoms with Crippen molar-refractivity contribution >= 4 is 29.9 Å². The standard InChI is InChI=1S/C19H35N5O.HI/c1-5-7-9-16(8-6-2)12-21-19(20-3)24-10-11-25-18(15-24)17-13-22-23(4)14-17;/h13-14,16,18H,5-12,15H2,1-4H3,(H,20,21);1H. The summed E-state index contributed by atoms with van der Waals surface area (Å²) in [5, 5.41) is 7.87. The summed E-state index contributed by atoms with van der Waals surface area (Å²) >= 11 is 0. The number of hydrogen-bond donors (Lipinski definition) is 1. The quantitative estimate of drug-likeness (QED) is 0.353. The summed E-state index contributed by atoms with van der Waals surface area (Å²) in [6.07, 6.45) is 10.4. The Labute approximate surface area is 175 Å². The van der Waals surface area contributed by atoms with Crippen molar-refractivity contribution in [3.63, 3.8) is 0 Å². The fourth-order valence-corrected chi connectivity index (χ4v) is 3.47. The minimum atomic E-state index is 0. The topological polar surface area (TPSA) is 54.7 Å². The third kappa shape index (κ3) is 7.06. The number of aryl methyl sites for hydroxylation is 1. The van der Waals surface area contributed by atoms with E-state index in [1.165, 1.54) is 32.1 Å². The maximum Gasteiger partial charge on any atom is 0.193 e. The summed E-state index contributed by atoms with van der Waals surface area (Å²) in [5.41, 5.74) is 1.13. The van der Waals surface area contributed by atoms with Crippen LogP contribution in [-0.4, -0.2) is 53.9 Å². The molecule has 2 atom stereocenters. The molecule has 7 heteroatoms. The molecule has 0 aromatic carbocycles. The van der Waals surface area contributed by atoms with Gasteiger partial charge in [0.05, 0.1) is 19.3 Å². The van der Waals surface area contributed by atoms with Gasteiger partial charge in [0, 0.05) is 38.9 Å². The van der Waals surface area contributed by atoms with E-state index in [-0.39, 0.29) is 30.1 Å². The molecule has 1 fully saturated rings. The van der Waals surface area contributed by atoms with Gasteiger partial charge in [-0.2, -0.15) is 5.10 Å². The summed E-state index contributed by atoms with van der Waals surface area (Å²) < 4.78 is 7.77. The van der Waals surface area contributed by atoms with Gasteiger partial charge in [0.15, 0.2) is 5.96 Å². The molecule has 1 aromatic rings. The average Bonchev–Trinajstić information content (AvgIpc) is 3.07. The molecular formula is C19H36IN5O. The van der Waals surface area contributed by atoms with Crippen molar-refractivity contribution in [2.75, 3.05) is 33.3 Å². The highest BCUT2D eigenvalue weighted by molar-refractivity contribution is 14.0. The molecule has 26 heavy (non-hydrogen) atoms. The van der Waals surface area contributed by atoms with Gasteiger partial charge in [-0.3, -0.25) is 9.67 Å². The van der Waals surface area contributed by atoms with E-state index < -0.39 is 0 Å². The fraction of sp³-hybridized carbons (Fsp3) is 0.789. The number of guanidine groups is 1. The minimum absolute atomic E-state index is 0. The molecule has 1 aliphatic heterocycles. The molecule has 150 valence electrons. The molecule has 1 aliphatic rings. The second-order valence-corrected chi connectivity index (χ2v) is 6.98. The number of ether oxygens (including phenoxy) is 1. The molecule has 0 aliphatic carbocycles. The van der Waals surface area contributed by atoms with Crippen LogP contribution < -0.4 is 5.32 Å². The summed E-state index contributed by atoms with van der Waals surface area (Å²) in [7, 11) is 3.81. The monoisotopic (exact) mass is 477 g/mol. The molecule has 0 radical (unpaired) electrons. The van der Waals surface area contributed by atoms with Crippen LogP contribution in [0, 0.1) is 5.92 Å². The lowest BCUT2D eigenvalue weighted by molar-refractivity contribution is -0.00809. The Morgan fingerprint density at radius 2 is 2.19 bits per heavy atom. The number of hydrogen-bond acceptors (Lipinski definition) is 3. The Balaban J connectivity index is 0.00000338. The molecule has 2 rings (SSSR count). The number of rotatable bonds is 8. The van der Waals surface area contributed by atoms with Crippen LogP contribution >= 0.6 is 24.0 Å². The van der Waals surface area contributed by atoms with Gasteiger partial charge >= 0.3 is 0 Å². The zero-order chi connectivity index (χ0) is 18.1. The number of nitrogens with one attached hydrogen (secondary N) is 1. The van der Waals surface area contributed by atoms with Crippen LogP contribution in [0.2, 0.25) is 0 Å². The second-order valence-electron chi connectivity index (χ2n) is 6.98. The van der Waals surface area contributed by atoms with Crippen LogP contribution in [0.1, 0.15) is 57.6 Å². The van der Waals surface area contributed by atoms with Crippen molar-refractivity contribution in [1.82, 2.24) is 20.0 Å². The van der Waals surface area contributed by atoms with Gasteiger partial charge in [0.2, 0.25) is 0 Å². The Hall–Kier alpha value is -0.830. The van der Waals surface area contributed by atoms with Crippen LogP contribution in [0.5, 0.6) is 0 Å². The highest BCUT2D eigenvalue weighted by Gasteiger charge is 2.25. The summed E-state index contributed by atoms with van der Waals surface area (Å²) in [4.78, 5) is 6.82. The lowest BCUT2D eigenvalue weighted by atomic mass is 9.97. The van der Waals surface area contributed by atoms with E-state index in [4.69, 9.17) is 4.74 Å². The van der Waals surface area contributed by atoms with Gasteiger partial charge in [-0.1, -0.05) is 33.1 Å². The number of aromatic nitrogens is 2. The van der Waals surface area contributed by atoms with E-state index in [1.807, 2.05) is 31.2 Å². The largest absolute Gasteiger partial charge is 0.370 e. The first-order chi connectivity index (χ1) is 12.2. The molecule has 6 nitrogen and oxygen atoms in total. The van der Waals surface area contributed by atoms with Gasteiger partial charge in [-0.15, -0.1) is 24.0 Å². The highest BCUT2D eigenvalue weighted by atomic mass is 127. The van der Waals surface area contributed by atoms with Crippen LogP contribution in [-0.2, 0) is 11.8 Å². The van der Waals surface area contributed by atoms with E-state index >= 15 is 0 Å². The van der Waals surface area contributed by atoms with Crippen molar-refractivity contribution in [2.24, 2.45) is 18.0 Å². The van der Waals surface area contributed by atoms with Crippen molar-refractivity contribution in [2.45, 2.75) is 52.1 Å². The summed E-state index contributed by atoms with van der Waals surface area (Å²) in [6.45, 7) is 7.96. The zero-order valence-corrected chi connectivity index (χ0v) is 19.1. The molecule has 0 saturated carbocycles. The Morgan fingerprint density at radius 1 is 1.38 bits per heavy atom. The molecule has 0 amide bonds. The number of nitrogens with zero attached hydrogens (tertiary/aromatic N) is 4. The van der Waals surface area contributed by atoms with Crippen molar-refractivity contribution in [3.8, 4) is 0 Å². The van der Waals surface area contributed by atoms with Gasteiger partial charge in [0.25, 0.3) is 0 Å². The molecule has 2 unspecified atom stereocenters. The molecule has 0 bridgehead atoms. The van der Waals surface area contributed by atoms with Gasteiger partial charge in [-0.05, 0) is 18.8 Å². The Morgan fingerprint density at radius 3 is 2.81 bits per heavy atom. The number of aliphatic imine (C=N–C) groups is 1. The Kier molecular flexibility index (Phi) is 11.2. The van der Waals surface area contributed by atoms with E-state index in [0.717, 1.165) is 37.1 Å². The number of morpholine rings is 1. The van der Waals surface area contributed by atoms with Gasteiger partial charge in [0.1, 0.15) is 6.10 Å².